The Balaban J connectivity index is 2.14. The van der Waals surface area contributed by atoms with E-state index in [1.54, 1.807) is 0 Å². The Morgan fingerprint density at radius 1 is 1.33 bits per heavy atom. The van der Waals surface area contributed by atoms with Crippen LogP contribution in [0.1, 0.15) is 31.7 Å². The van der Waals surface area contributed by atoms with E-state index >= 15 is 0 Å². The highest BCUT2D eigenvalue weighted by molar-refractivity contribution is 9.10. The van der Waals surface area contributed by atoms with Crippen LogP contribution in [0.2, 0.25) is 0 Å². The molecule has 2 N–H and O–H groups in total. The van der Waals surface area contributed by atoms with E-state index < -0.39 is 5.60 Å². The first-order chi connectivity index (χ1) is 8.52. The molecule has 0 aromatic heterocycles. The Bertz CT molecular complexity index is 420. The number of halogens is 1. The minimum atomic E-state index is -0.531. The van der Waals surface area contributed by atoms with Gasteiger partial charge in [0.25, 0.3) is 0 Å². The second kappa shape index (κ2) is 5.59. The summed E-state index contributed by atoms with van der Waals surface area (Å²) in [5.74, 6) is 0. The van der Waals surface area contributed by atoms with Gasteiger partial charge in [-0.05, 0) is 43.9 Å². The van der Waals surface area contributed by atoms with Gasteiger partial charge in [-0.15, -0.1) is 0 Å². The molecule has 4 heteroatoms. The molecule has 1 aliphatic heterocycles. The lowest BCUT2D eigenvalue weighted by molar-refractivity contribution is 0.0481. The van der Waals surface area contributed by atoms with Gasteiger partial charge in [-0.25, -0.2) is 0 Å². The molecule has 1 heterocycles. The number of hydrogen-bond donors (Lipinski definition) is 2. The highest BCUT2D eigenvalue weighted by Gasteiger charge is 2.25. The van der Waals surface area contributed by atoms with Crippen molar-refractivity contribution in [1.82, 2.24) is 0 Å². The van der Waals surface area contributed by atoms with E-state index in [0.717, 1.165) is 48.1 Å². The van der Waals surface area contributed by atoms with Crippen molar-refractivity contribution >= 4 is 21.6 Å². The first kappa shape index (κ1) is 13.8. The molecule has 2 rings (SSSR count). The molecule has 0 radical (unpaired) electrons. The first-order valence-corrected chi connectivity index (χ1v) is 7.18. The Morgan fingerprint density at radius 3 is 2.78 bits per heavy atom. The summed E-state index contributed by atoms with van der Waals surface area (Å²) >= 11 is 3.48. The van der Waals surface area contributed by atoms with Crippen molar-refractivity contribution in [2.24, 2.45) is 0 Å². The zero-order valence-electron chi connectivity index (χ0n) is 10.7. The number of nitrogens with zero attached hydrogens (tertiary/aromatic N) is 1. The van der Waals surface area contributed by atoms with E-state index in [2.05, 4.69) is 20.8 Å². The van der Waals surface area contributed by atoms with Gasteiger partial charge in [-0.2, -0.15) is 0 Å². The number of hydrogen-bond acceptors (Lipinski definition) is 3. The zero-order chi connectivity index (χ0) is 13.2. The SMILES string of the molecule is CC1(O)CCCN(c2ccc(CO)c(Br)c2)CC1. The molecular weight excluding hydrogens is 294 g/mol. The topological polar surface area (TPSA) is 43.7 Å². The lowest BCUT2D eigenvalue weighted by atomic mass is 9.98. The second-order valence-electron chi connectivity index (χ2n) is 5.27. The van der Waals surface area contributed by atoms with Gasteiger partial charge in [0, 0.05) is 23.2 Å². The van der Waals surface area contributed by atoms with Crippen molar-refractivity contribution in [2.45, 2.75) is 38.4 Å². The van der Waals surface area contributed by atoms with Gasteiger partial charge >= 0.3 is 0 Å². The average Bonchev–Trinajstić information content (AvgIpc) is 2.50. The standard InChI is InChI=1S/C14H20BrNO2/c1-14(18)5-2-7-16(8-6-14)12-4-3-11(10-17)13(15)9-12/h3-4,9,17-18H,2,5-8,10H2,1H3. The van der Waals surface area contributed by atoms with Gasteiger partial charge in [0.1, 0.15) is 0 Å². The molecular formula is C14H20BrNO2. The summed E-state index contributed by atoms with van der Waals surface area (Å²) in [6.45, 7) is 3.82. The van der Waals surface area contributed by atoms with E-state index in [1.165, 1.54) is 0 Å². The maximum atomic E-state index is 10.1. The monoisotopic (exact) mass is 313 g/mol. The summed E-state index contributed by atoms with van der Waals surface area (Å²) in [5.41, 5.74) is 1.52. The number of aliphatic hydroxyl groups is 2. The van der Waals surface area contributed by atoms with Crippen molar-refractivity contribution in [2.75, 3.05) is 18.0 Å². The molecule has 1 unspecified atom stereocenters. The van der Waals surface area contributed by atoms with E-state index in [1.807, 2.05) is 25.1 Å². The zero-order valence-corrected chi connectivity index (χ0v) is 12.3. The molecule has 1 saturated heterocycles. The Hall–Kier alpha value is -0.580. The van der Waals surface area contributed by atoms with Crippen LogP contribution in [0.3, 0.4) is 0 Å². The van der Waals surface area contributed by atoms with Gasteiger partial charge in [0.2, 0.25) is 0 Å². The molecule has 0 spiro atoms. The summed E-state index contributed by atoms with van der Waals surface area (Å²) in [7, 11) is 0. The molecule has 3 nitrogen and oxygen atoms in total. The number of anilines is 1. The van der Waals surface area contributed by atoms with Gasteiger partial charge in [0.05, 0.1) is 12.2 Å². The van der Waals surface area contributed by atoms with Crippen LogP contribution in [0.25, 0.3) is 0 Å². The van der Waals surface area contributed by atoms with E-state index in [4.69, 9.17) is 5.11 Å². The predicted molar refractivity (Wildman–Crippen MR) is 76.8 cm³/mol. The van der Waals surface area contributed by atoms with Gasteiger partial charge in [-0.1, -0.05) is 22.0 Å². The molecule has 1 aromatic carbocycles. The molecule has 1 atom stereocenters. The fourth-order valence-corrected chi connectivity index (χ4v) is 2.87. The van der Waals surface area contributed by atoms with Crippen LogP contribution >= 0.6 is 15.9 Å². The first-order valence-electron chi connectivity index (χ1n) is 6.38. The summed E-state index contributed by atoms with van der Waals surface area (Å²) in [6, 6.07) is 6.03. The molecule has 100 valence electrons. The number of benzene rings is 1. The molecule has 0 aliphatic carbocycles. The van der Waals surface area contributed by atoms with Crippen LogP contribution in [0.5, 0.6) is 0 Å². The number of rotatable bonds is 2. The van der Waals surface area contributed by atoms with E-state index in [0.29, 0.717) is 0 Å². The second-order valence-corrected chi connectivity index (χ2v) is 6.13. The van der Waals surface area contributed by atoms with Crippen molar-refractivity contribution in [3.8, 4) is 0 Å². The van der Waals surface area contributed by atoms with Crippen molar-refractivity contribution in [3.05, 3.63) is 28.2 Å². The summed E-state index contributed by atoms with van der Waals surface area (Å²) < 4.78 is 0.943. The average molecular weight is 314 g/mol. The Labute approximate surface area is 117 Å². The maximum Gasteiger partial charge on any atom is 0.0692 e. The smallest absolute Gasteiger partial charge is 0.0692 e. The molecule has 18 heavy (non-hydrogen) atoms. The summed E-state index contributed by atoms with van der Waals surface area (Å²) in [5, 5.41) is 19.2. The maximum absolute atomic E-state index is 10.1. The van der Waals surface area contributed by atoms with Crippen LogP contribution in [-0.2, 0) is 6.61 Å². The van der Waals surface area contributed by atoms with Crippen molar-refractivity contribution in [1.29, 1.82) is 0 Å². The van der Waals surface area contributed by atoms with Gasteiger partial charge < -0.3 is 15.1 Å². The molecule has 1 aromatic rings. The van der Waals surface area contributed by atoms with Gasteiger partial charge in [-0.3, -0.25) is 0 Å². The van der Waals surface area contributed by atoms with Crippen molar-refractivity contribution < 1.29 is 10.2 Å². The highest BCUT2D eigenvalue weighted by atomic mass is 79.9. The number of aliphatic hydroxyl groups excluding tert-OH is 1. The predicted octanol–water partition coefficient (Wildman–Crippen LogP) is 2.68. The largest absolute Gasteiger partial charge is 0.392 e. The van der Waals surface area contributed by atoms with Crippen LogP contribution in [0.15, 0.2) is 22.7 Å². The third kappa shape index (κ3) is 3.25. The fraction of sp³-hybridized carbons (Fsp3) is 0.571. The fourth-order valence-electron chi connectivity index (χ4n) is 2.38. The van der Waals surface area contributed by atoms with Gasteiger partial charge in [0.15, 0.2) is 0 Å². The third-order valence-corrected chi connectivity index (χ3v) is 4.37. The van der Waals surface area contributed by atoms with Crippen molar-refractivity contribution in [3.63, 3.8) is 0 Å². The van der Waals surface area contributed by atoms with E-state index in [9.17, 15) is 5.11 Å². The molecule has 0 bridgehead atoms. The quantitative estimate of drug-likeness (QED) is 0.882. The summed E-state index contributed by atoms with van der Waals surface area (Å²) in [4.78, 5) is 2.30. The molecule has 1 fully saturated rings. The normalized spacial score (nSPS) is 25.0. The molecule has 0 amide bonds. The summed E-state index contributed by atoms with van der Waals surface area (Å²) in [6.07, 6.45) is 2.66. The Kier molecular flexibility index (Phi) is 4.30. The Morgan fingerprint density at radius 2 is 2.11 bits per heavy atom. The lowest BCUT2D eigenvalue weighted by Crippen LogP contribution is -2.28. The minimum absolute atomic E-state index is 0.0512. The van der Waals surface area contributed by atoms with Crippen LogP contribution in [0, 0.1) is 0 Å². The molecule has 0 saturated carbocycles. The van der Waals surface area contributed by atoms with Crippen LogP contribution < -0.4 is 4.90 Å². The minimum Gasteiger partial charge on any atom is -0.392 e. The van der Waals surface area contributed by atoms with E-state index in [-0.39, 0.29) is 6.61 Å². The van der Waals surface area contributed by atoms with Crippen LogP contribution in [0.4, 0.5) is 5.69 Å². The molecule has 1 aliphatic rings. The van der Waals surface area contributed by atoms with Crippen LogP contribution in [-0.4, -0.2) is 28.9 Å². The lowest BCUT2D eigenvalue weighted by Gasteiger charge is -2.24. The highest BCUT2D eigenvalue weighted by Crippen LogP contribution is 2.28. The third-order valence-electron chi connectivity index (χ3n) is 3.64.